The Kier molecular flexibility index (Phi) is 4.82. The van der Waals surface area contributed by atoms with Crippen LogP contribution in [0.3, 0.4) is 0 Å². The number of hydrogen-bond acceptors (Lipinski definition) is 5. The van der Waals surface area contributed by atoms with Crippen LogP contribution >= 0.6 is 0 Å². The molecular weight excluding hydrogens is 361 g/mol. The predicted octanol–water partition coefficient (Wildman–Crippen LogP) is 3.25. The predicted molar refractivity (Wildman–Crippen MR) is 105 cm³/mol. The number of carbonyl (C=O) groups is 1. The first-order valence-electron chi connectivity index (χ1n) is 8.95. The lowest BCUT2D eigenvalue weighted by molar-refractivity contribution is 0.0603. The highest BCUT2D eigenvalue weighted by molar-refractivity contribution is 6.05. The van der Waals surface area contributed by atoms with E-state index in [-0.39, 0.29) is 5.84 Å². The Hall–Kier alpha value is -3.03. The molecule has 1 amide bonds. The quantitative estimate of drug-likeness (QED) is 0.731. The largest absolute Gasteiger partial charge is 0.442 e. The van der Waals surface area contributed by atoms with Crippen LogP contribution in [-0.2, 0) is 16.7 Å². The van der Waals surface area contributed by atoms with Crippen LogP contribution < -0.4 is 11.1 Å². The Morgan fingerprint density at radius 2 is 2.11 bits per heavy atom. The summed E-state index contributed by atoms with van der Waals surface area (Å²) in [5.41, 5.74) is 6.33. The van der Waals surface area contributed by atoms with Crippen LogP contribution in [0.2, 0.25) is 0 Å². The molecule has 8 heteroatoms. The van der Waals surface area contributed by atoms with E-state index in [2.05, 4.69) is 20.3 Å². The van der Waals surface area contributed by atoms with Gasteiger partial charge in [0.2, 0.25) is 0 Å². The van der Waals surface area contributed by atoms with Gasteiger partial charge in [-0.1, -0.05) is 0 Å². The van der Waals surface area contributed by atoms with Gasteiger partial charge in [0, 0.05) is 23.9 Å². The zero-order valence-corrected chi connectivity index (χ0v) is 16.6. The SMILES string of the molecule is Cc1ncc2c(n1)C[C@@](C)(c1cc(N)ccc1F)N/C2=N/C(=O)OC(C)(C)C. The lowest BCUT2D eigenvalue weighted by Crippen LogP contribution is -2.50. The van der Waals surface area contributed by atoms with Crippen LogP contribution in [0.1, 0.15) is 50.3 Å². The van der Waals surface area contributed by atoms with Gasteiger partial charge in [0.15, 0.2) is 0 Å². The van der Waals surface area contributed by atoms with Gasteiger partial charge in [0.25, 0.3) is 0 Å². The van der Waals surface area contributed by atoms with E-state index in [0.29, 0.717) is 34.8 Å². The lowest BCUT2D eigenvalue weighted by atomic mass is 9.82. The number of fused-ring (bicyclic) bond motifs is 1. The Morgan fingerprint density at radius 1 is 1.39 bits per heavy atom. The van der Waals surface area contributed by atoms with Crippen molar-refractivity contribution >= 4 is 17.6 Å². The number of halogens is 1. The number of aliphatic imine (C=N–C) groups is 1. The topological polar surface area (TPSA) is 102 Å². The maximum atomic E-state index is 14.6. The van der Waals surface area contributed by atoms with Gasteiger partial charge in [-0.2, -0.15) is 4.99 Å². The maximum Gasteiger partial charge on any atom is 0.436 e. The van der Waals surface area contributed by atoms with Crippen molar-refractivity contribution in [3.63, 3.8) is 0 Å². The molecule has 1 aromatic heterocycles. The van der Waals surface area contributed by atoms with Crippen LogP contribution in [0.15, 0.2) is 29.4 Å². The van der Waals surface area contributed by atoms with E-state index in [1.165, 1.54) is 12.1 Å². The third-order valence-electron chi connectivity index (χ3n) is 4.34. The van der Waals surface area contributed by atoms with Crippen molar-refractivity contribution in [1.29, 1.82) is 0 Å². The Morgan fingerprint density at radius 3 is 2.79 bits per heavy atom. The maximum absolute atomic E-state index is 14.6. The minimum absolute atomic E-state index is 0.236. The number of aromatic nitrogens is 2. The van der Waals surface area contributed by atoms with Crippen molar-refractivity contribution in [3.8, 4) is 0 Å². The third-order valence-corrected chi connectivity index (χ3v) is 4.34. The Labute approximate surface area is 163 Å². The summed E-state index contributed by atoms with van der Waals surface area (Å²) in [4.78, 5) is 25.0. The zero-order chi connectivity index (χ0) is 20.7. The summed E-state index contributed by atoms with van der Waals surface area (Å²) in [6.07, 6.45) is 1.22. The van der Waals surface area contributed by atoms with Gasteiger partial charge in [-0.05, 0) is 52.8 Å². The summed E-state index contributed by atoms with van der Waals surface area (Å²) in [7, 11) is 0. The molecule has 0 radical (unpaired) electrons. The van der Waals surface area contributed by atoms with Crippen LogP contribution in [0.5, 0.6) is 0 Å². The Bertz CT molecular complexity index is 968. The first-order chi connectivity index (χ1) is 13.0. The summed E-state index contributed by atoms with van der Waals surface area (Å²) >= 11 is 0. The molecule has 0 unspecified atom stereocenters. The van der Waals surface area contributed by atoms with E-state index in [1.54, 1.807) is 40.0 Å². The molecule has 1 aliphatic rings. The number of rotatable bonds is 1. The zero-order valence-electron chi connectivity index (χ0n) is 16.6. The van der Waals surface area contributed by atoms with Crippen molar-refractivity contribution in [3.05, 3.63) is 52.9 Å². The minimum atomic E-state index is -0.909. The molecule has 0 fully saturated rings. The fraction of sp³-hybridized carbons (Fsp3) is 0.400. The van der Waals surface area contributed by atoms with E-state index >= 15 is 0 Å². The molecular formula is C20H24FN5O2. The fourth-order valence-electron chi connectivity index (χ4n) is 3.15. The number of hydrogen-bond donors (Lipinski definition) is 2. The molecule has 0 spiro atoms. The molecule has 1 aromatic carbocycles. The average Bonchev–Trinajstić information content (AvgIpc) is 2.54. The van der Waals surface area contributed by atoms with Gasteiger partial charge in [-0.15, -0.1) is 0 Å². The number of amides is 1. The van der Waals surface area contributed by atoms with E-state index < -0.39 is 23.1 Å². The molecule has 3 N–H and O–H groups in total. The first-order valence-corrected chi connectivity index (χ1v) is 8.95. The van der Waals surface area contributed by atoms with E-state index in [1.807, 2.05) is 6.92 Å². The summed E-state index contributed by atoms with van der Waals surface area (Å²) in [5.74, 6) is 0.405. The summed E-state index contributed by atoms with van der Waals surface area (Å²) < 4.78 is 19.9. The highest BCUT2D eigenvalue weighted by Crippen LogP contribution is 2.33. The molecule has 1 atom stereocenters. The number of ether oxygens (including phenoxy) is 1. The second-order valence-electron chi connectivity index (χ2n) is 8.09. The molecule has 0 aliphatic carbocycles. The van der Waals surface area contributed by atoms with Crippen LogP contribution in [0.25, 0.3) is 0 Å². The van der Waals surface area contributed by atoms with E-state index in [9.17, 15) is 9.18 Å². The first kappa shape index (κ1) is 19.7. The van der Waals surface area contributed by atoms with E-state index in [4.69, 9.17) is 10.5 Å². The molecule has 148 valence electrons. The smallest absolute Gasteiger partial charge is 0.436 e. The number of nitrogens with one attached hydrogen (secondary N) is 1. The van der Waals surface area contributed by atoms with Crippen molar-refractivity contribution in [2.24, 2.45) is 4.99 Å². The number of nitrogens with two attached hydrogens (primary N) is 1. The molecule has 0 bridgehead atoms. The highest BCUT2D eigenvalue weighted by atomic mass is 19.1. The van der Waals surface area contributed by atoms with Gasteiger partial charge >= 0.3 is 6.09 Å². The third kappa shape index (κ3) is 4.11. The fourth-order valence-corrected chi connectivity index (χ4v) is 3.15. The molecule has 28 heavy (non-hydrogen) atoms. The summed E-state index contributed by atoms with van der Waals surface area (Å²) in [6.45, 7) is 8.85. The molecule has 0 saturated carbocycles. The van der Waals surface area contributed by atoms with Crippen molar-refractivity contribution < 1.29 is 13.9 Å². The van der Waals surface area contributed by atoms with Gasteiger partial charge < -0.3 is 15.8 Å². The van der Waals surface area contributed by atoms with Crippen LogP contribution in [0.4, 0.5) is 14.9 Å². The number of nitrogens with zero attached hydrogens (tertiary/aromatic N) is 3. The molecule has 3 rings (SSSR count). The minimum Gasteiger partial charge on any atom is -0.442 e. The second-order valence-corrected chi connectivity index (χ2v) is 8.09. The number of nitrogen functional groups attached to an aromatic ring is 1. The van der Waals surface area contributed by atoms with Crippen molar-refractivity contribution in [2.45, 2.75) is 52.2 Å². The van der Waals surface area contributed by atoms with Gasteiger partial charge in [0.05, 0.1) is 16.8 Å². The molecule has 0 saturated heterocycles. The standard InChI is InChI=1S/C20H24FN5O2/c1-11-23-10-13-16(24-11)9-20(5,14-8-12(22)6-7-15(14)21)26-17(13)25-18(27)28-19(2,3)4/h6-8,10H,9,22H2,1-5H3,(H,25,26,27)/t20-/m0/s1. The monoisotopic (exact) mass is 385 g/mol. The normalized spacial score (nSPS) is 20.4. The van der Waals surface area contributed by atoms with Gasteiger partial charge in [0.1, 0.15) is 23.1 Å². The van der Waals surface area contributed by atoms with Crippen LogP contribution in [-0.4, -0.2) is 27.5 Å². The van der Waals surface area contributed by atoms with Gasteiger partial charge in [-0.25, -0.2) is 19.2 Å². The highest BCUT2D eigenvalue weighted by Gasteiger charge is 2.38. The number of aryl methyl sites for hydroxylation is 1. The molecule has 1 aliphatic heterocycles. The average molecular weight is 385 g/mol. The number of benzene rings is 1. The number of amidine groups is 1. The van der Waals surface area contributed by atoms with Crippen molar-refractivity contribution in [1.82, 2.24) is 15.3 Å². The second kappa shape index (κ2) is 6.85. The van der Waals surface area contributed by atoms with E-state index in [0.717, 1.165) is 0 Å². The lowest BCUT2D eigenvalue weighted by Gasteiger charge is -2.37. The Balaban J connectivity index is 2.10. The molecule has 7 nitrogen and oxygen atoms in total. The number of anilines is 1. The molecule has 2 heterocycles. The van der Waals surface area contributed by atoms with Gasteiger partial charge in [-0.3, -0.25) is 0 Å². The summed E-state index contributed by atoms with van der Waals surface area (Å²) in [6, 6.07) is 4.40. The van der Waals surface area contributed by atoms with Crippen molar-refractivity contribution in [2.75, 3.05) is 5.73 Å². The van der Waals surface area contributed by atoms with Crippen LogP contribution in [0, 0.1) is 12.7 Å². The number of carbonyl (C=O) groups excluding carboxylic acids is 1. The summed E-state index contributed by atoms with van der Waals surface area (Å²) in [5, 5.41) is 3.18. The molecule has 2 aromatic rings.